The van der Waals surface area contributed by atoms with E-state index in [4.69, 9.17) is 5.11 Å². The molecule has 2 aliphatic rings. The van der Waals surface area contributed by atoms with Crippen LogP contribution >= 0.6 is 0 Å². The number of amides is 1. The van der Waals surface area contributed by atoms with Crippen molar-refractivity contribution in [2.75, 3.05) is 19.6 Å². The highest BCUT2D eigenvalue weighted by Gasteiger charge is 2.46. The van der Waals surface area contributed by atoms with Gasteiger partial charge in [0.1, 0.15) is 0 Å². The van der Waals surface area contributed by atoms with Crippen molar-refractivity contribution in [2.45, 2.75) is 38.6 Å². The second-order valence-corrected chi connectivity index (χ2v) is 5.70. The molecule has 2 unspecified atom stereocenters. The Morgan fingerprint density at radius 2 is 2.00 bits per heavy atom. The molecule has 2 heterocycles. The highest BCUT2D eigenvalue weighted by Crippen LogP contribution is 2.32. The van der Waals surface area contributed by atoms with Crippen LogP contribution in [0.25, 0.3) is 0 Å². The lowest BCUT2D eigenvalue weighted by atomic mass is 9.90. The number of carbonyl (C=O) groups is 2. The first-order valence-electron chi connectivity index (χ1n) is 6.15. The molecule has 0 radical (unpaired) electrons. The number of aliphatic carboxylic acids is 1. The van der Waals surface area contributed by atoms with Gasteiger partial charge in [-0.15, -0.1) is 0 Å². The summed E-state index contributed by atoms with van der Waals surface area (Å²) >= 11 is 0. The number of hydrogen-bond acceptors (Lipinski definition) is 3. The quantitative estimate of drug-likeness (QED) is 0.735. The molecule has 0 aromatic rings. The van der Waals surface area contributed by atoms with Gasteiger partial charge in [0.05, 0.1) is 11.0 Å². The summed E-state index contributed by atoms with van der Waals surface area (Å²) in [4.78, 5) is 25.2. The maximum atomic E-state index is 12.4. The first kappa shape index (κ1) is 12.4. The molecule has 2 N–H and O–H groups in total. The van der Waals surface area contributed by atoms with Crippen LogP contribution in [0.4, 0.5) is 0 Å². The van der Waals surface area contributed by atoms with Gasteiger partial charge in [-0.2, -0.15) is 0 Å². The molecule has 0 spiro atoms. The van der Waals surface area contributed by atoms with Crippen molar-refractivity contribution in [2.24, 2.45) is 5.41 Å². The lowest BCUT2D eigenvalue weighted by Crippen LogP contribution is -2.52. The predicted molar refractivity (Wildman–Crippen MR) is 62.6 cm³/mol. The van der Waals surface area contributed by atoms with Gasteiger partial charge in [0.2, 0.25) is 5.91 Å². The first-order chi connectivity index (χ1) is 7.87. The minimum atomic E-state index is -0.808. The predicted octanol–water partition coefficient (Wildman–Crippen LogP) is 0.452. The number of rotatable bonds is 2. The van der Waals surface area contributed by atoms with E-state index >= 15 is 0 Å². The third-order valence-corrected chi connectivity index (χ3v) is 4.12. The first-order valence-corrected chi connectivity index (χ1v) is 6.15. The molecule has 5 nitrogen and oxygen atoms in total. The molecule has 2 fully saturated rings. The standard InChI is InChI=1S/C12H20N2O3/c1-11(10(16)17)5-7-14(8-11)9(15)12(2)4-3-6-13-12/h13H,3-8H2,1-2H3,(H,16,17). The van der Waals surface area contributed by atoms with Gasteiger partial charge in [0, 0.05) is 13.1 Å². The van der Waals surface area contributed by atoms with E-state index in [-0.39, 0.29) is 5.91 Å². The van der Waals surface area contributed by atoms with Crippen LogP contribution in [-0.2, 0) is 9.59 Å². The topological polar surface area (TPSA) is 69.6 Å². The van der Waals surface area contributed by atoms with Crippen molar-refractivity contribution in [1.29, 1.82) is 0 Å². The van der Waals surface area contributed by atoms with E-state index in [1.165, 1.54) is 0 Å². The van der Waals surface area contributed by atoms with Gasteiger partial charge in [0.15, 0.2) is 0 Å². The molecule has 2 aliphatic heterocycles. The molecule has 2 atom stereocenters. The molecular weight excluding hydrogens is 220 g/mol. The van der Waals surface area contributed by atoms with Crippen LogP contribution in [0.15, 0.2) is 0 Å². The summed E-state index contributed by atoms with van der Waals surface area (Å²) in [6.45, 7) is 5.38. The lowest BCUT2D eigenvalue weighted by Gasteiger charge is -2.29. The minimum absolute atomic E-state index is 0.0555. The van der Waals surface area contributed by atoms with Gasteiger partial charge in [0.25, 0.3) is 0 Å². The number of carbonyl (C=O) groups excluding carboxylic acids is 1. The molecule has 2 rings (SSSR count). The summed E-state index contributed by atoms with van der Waals surface area (Å²) in [6.07, 6.45) is 2.39. The Hall–Kier alpha value is -1.10. The summed E-state index contributed by atoms with van der Waals surface area (Å²) in [5.41, 5.74) is -1.26. The molecule has 96 valence electrons. The molecule has 0 aromatic heterocycles. The highest BCUT2D eigenvalue weighted by molar-refractivity contribution is 5.87. The van der Waals surface area contributed by atoms with Gasteiger partial charge < -0.3 is 15.3 Å². The molecule has 0 aromatic carbocycles. The van der Waals surface area contributed by atoms with Crippen LogP contribution < -0.4 is 5.32 Å². The van der Waals surface area contributed by atoms with Crippen molar-refractivity contribution >= 4 is 11.9 Å². The van der Waals surface area contributed by atoms with E-state index in [0.717, 1.165) is 19.4 Å². The number of nitrogens with zero attached hydrogens (tertiary/aromatic N) is 1. The molecule has 5 heteroatoms. The molecule has 0 aliphatic carbocycles. The van der Waals surface area contributed by atoms with Crippen LogP contribution in [0.5, 0.6) is 0 Å². The number of carboxylic acid groups (broad SMARTS) is 1. The number of hydrogen-bond donors (Lipinski definition) is 2. The second-order valence-electron chi connectivity index (χ2n) is 5.70. The van der Waals surface area contributed by atoms with Crippen LogP contribution in [0.2, 0.25) is 0 Å². The lowest BCUT2D eigenvalue weighted by molar-refractivity contribution is -0.147. The molecule has 0 bridgehead atoms. The largest absolute Gasteiger partial charge is 0.481 e. The third-order valence-electron chi connectivity index (χ3n) is 4.12. The zero-order chi connectivity index (χ0) is 12.7. The van der Waals surface area contributed by atoms with Gasteiger partial charge >= 0.3 is 5.97 Å². The zero-order valence-electron chi connectivity index (χ0n) is 10.5. The Morgan fingerprint density at radius 3 is 2.47 bits per heavy atom. The normalized spacial score (nSPS) is 37.4. The van der Waals surface area contributed by atoms with Gasteiger partial charge in [-0.1, -0.05) is 0 Å². The van der Waals surface area contributed by atoms with Crippen molar-refractivity contribution in [1.82, 2.24) is 10.2 Å². The summed E-state index contributed by atoms with van der Waals surface area (Å²) < 4.78 is 0. The van der Waals surface area contributed by atoms with Crippen molar-refractivity contribution in [3.63, 3.8) is 0 Å². The Balaban J connectivity index is 2.06. The van der Waals surface area contributed by atoms with E-state index in [1.54, 1.807) is 11.8 Å². The fourth-order valence-electron chi connectivity index (χ4n) is 2.74. The molecular formula is C12H20N2O3. The Labute approximate surface area is 101 Å². The fourth-order valence-corrected chi connectivity index (χ4v) is 2.74. The van der Waals surface area contributed by atoms with Crippen LogP contribution in [-0.4, -0.2) is 47.1 Å². The Morgan fingerprint density at radius 1 is 1.29 bits per heavy atom. The fraction of sp³-hybridized carbons (Fsp3) is 0.833. The van der Waals surface area contributed by atoms with E-state index in [0.29, 0.717) is 19.5 Å². The highest BCUT2D eigenvalue weighted by atomic mass is 16.4. The SMILES string of the molecule is CC1(C(=O)O)CCN(C(=O)C2(C)CCCN2)C1. The monoisotopic (exact) mass is 240 g/mol. The minimum Gasteiger partial charge on any atom is -0.481 e. The van der Waals surface area contributed by atoms with Crippen LogP contribution in [0, 0.1) is 5.41 Å². The van der Waals surface area contributed by atoms with Crippen molar-refractivity contribution in [3.8, 4) is 0 Å². The second kappa shape index (κ2) is 3.98. The van der Waals surface area contributed by atoms with E-state index in [2.05, 4.69) is 5.32 Å². The zero-order valence-corrected chi connectivity index (χ0v) is 10.5. The Kier molecular flexibility index (Phi) is 2.89. The van der Waals surface area contributed by atoms with Gasteiger partial charge in [-0.3, -0.25) is 9.59 Å². The molecule has 0 saturated carbocycles. The number of likely N-dealkylation sites (tertiary alicyclic amines) is 1. The summed E-state index contributed by atoms with van der Waals surface area (Å²) in [6, 6.07) is 0. The molecule has 1 amide bonds. The van der Waals surface area contributed by atoms with E-state index in [9.17, 15) is 9.59 Å². The summed E-state index contributed by atoms with van der Waals surface area (Å²) in [5.74, 6) is -0.752. The summed E-state index contributed by atoms with van der Waals surface area (Å²) in [7, 11) is 0. The van der Waals surface area contributed by atoms with E-state index in [1.807, 2.05) is 6.92 Å². The van der Waals surface area contributed by atoms with Crippen LogP contribution in [0.3, 0.4) is 0 Å². The van der Waals surface area contributed by atoms with Gasteiger partial charge in [-0.25, -0.2) is 0 Å². The van der Waals surface area contributed by atoms with E-state index < -0.39 is 16.9 Å². The average molecular weight is 240 g/mol. The maximum Gasteiger partial charge on any atom is 0.311 e. The summed E-state index contributed by atoms with van der Waals surface area (Å²) in [5, 5.41) is 12.4. The number of carboxylic acids is 1. The smallest absolute Gasteiger partial charge is 0.311 e. The third kappa shape index (κ3) is 2.04. The van der Waals surface area contributed by atoms with Crippen LogP contribution in [0.1, 0.15) is 33.1 Å². The van der Waals surface area contributed by atoms with Gasteiger partial charge in [-0.05, 0) is 39.7 Å². The number of nitrogens with one attached hydrogen (secondary N) is 1. The Bertz CT molecular complexity index is 350. The van der Waals surface area contributed by atoms with Crippen molar-refractivity contribution < 1.29 is 14.7 Å². The molecule has 2 saturated heterocycles. The average Bonchev–Trinajstić information content (AvgIpc) is 2.86. The maximum absolute atomic E-state index is 12.4. The van der Waals surface area contributed by atoms with Crippen molar-refractivity contribution in [3.05, 3.63) is 0 Å². The molecule has 17 heavy (non-hydrogen) atoms.